The van der Waals surface area contributed by atoms with Crippen LogP contribution in [0.5, 0.6) is 0 Å². The summed E-state index contributed by atoms with van der Waals surface area (Å²) in [4.78, 5) is 16.2. The number of carbonyl (C=O) groups excluding carboxylic acids is 2. The molecule has 0 saturated carbocycles. The number of halogens is 3. The van der Waals surface area contributed by atoms with Crippen molar-refractivity contribution in [3.8, 4) is 0 Å². The molecular weight excluding hydrogens is 421 g/mol. The number of rotatable bonds is 5. The predicted octanol–water partition coefficient (Wildman–Crippen LogP) is 5.17. The highest BCUT2D eigenvalue weighted by Crippen LogP contribution is 2.29. The molecule has 3 N–H and O–H groups in total. The molecule has 2 rings (SSSR count). The smallest absolute Gasteiger partial charge is 0.373 e. The van der Waals surface area contributed by atoms with E-state index in [0.717, 1.165) is 24.0 Å². The van der Waals surface area contributed by atoms with Crippen LogP contribution in [0.2, 0.25) is 10.0 Å². The molecule has 0 aliphatic heterocycles. The SMILES string of the molecule is C=C(N)c1cc(Cl)cn(C(CCC)c2cc(Cl)ccc2C)c1=N.CCl.O=C=O. The first-order chi connectivity index (χ1) is 13.3. The molecular formula is C20H24Cl3N3O2. The molecule has 1 aromatic carbocycles. The predicted molar refractivity (Wildman–Crippen MR) is 115 cm³/mol. The van der Waals surface area contributed by atoms with E-state index < -0.39 is 0 Å². The number of nitrogens with one attached hydrogen (secondary N) is 1. The van der Waals surface area contributed by atoms with E-state index in [4.69, 9.17) is 43.9 Å². The fourth-order valence-corrected chi connectivity index (χ4v) is 3.15. The minimum Gasteiger partial charge on any atom is -0.399 e. The zero-order valence-corrected chi connectivity index (χ0v) is 18.3. The van der Waals surface area contributed by atoms with Crippen LogP contribution in [0.1, 0.15) is 42.5 Å². The summed E-state index contributed by atoms with van der Waals surface area (Å²) < 4.78 is 1.86. The molecule has 0 saturated heterocycles. The molecule has 1 heterocycles. The Morgan fingerprint density at radius 2 is 1.82 bits per heavy atom. The molecule has 152 valence electrons. The second-order valence-corrected chi connectivity index (χ2v) is 6.61. The highest BCUT2D eigenvalue weighted by molar-refractivity contribution is 6.31. The van der Waals surface area contributed by atoms with Gasteiger partial charge < -0.3 is 10.3 Å². The van der Waals surface area contributed by atoms with Gasteiger partial charge in [0.1, 0.15) is 5.49 Å². The molecule has 1 atom stereocenters. The average molecular weight is 445 g/mol. The van der Waals surface area contributed by atoms with Crippen molar-refractivity contribution in [2.24, 2.45) is 5.73 Å². The Kier molecular flexibility index (Phi) is 12.2. The largest absolute Gasteiger partial charge is 0.399 e. The zero-order valence-electron chi connectivity index (χ0n) is 16.1. The summed E-state index contributed by atoms with van der Waals surface area (Å²) in [5.74, 6) is 0. The number of hydrogen-bond donors (Lipinski definition) is 2. The van der Waals surface area contributed by atoms with Gasteiger partial charge in [0.2, 0.25) is 0 Å². The topological polar surface area (TPSA) is 88.9 Å². The van der Waals surface area contributed by atoms with Crippen LogP contribution in [0, 0.1) is 12.3 Å². The van der Waals surface area contributed by atoms with Crippen LogP contribution in [0.15, 0.2) is 37.0 Å². The molecule has 28 heavy (non-hydrogen) atoms. The molecule has 8 heteroatoms. The maximum Gasteiger partial charge on any atom is 0.373 e. The lowest BCUT2D eigenvalue weighted by atomic mass is 9.97. The van der Waals surface area contributed by atoms with E-state index >= 15 is 0 Å². The van der Waals surface area contributed by atoms with E-state index in [1.54, 1.807) is 12.3 Å². The highest BCUT2D eigenvalue weighted by Gasteiger charge is 2.18. The van der Waals surface area contributed by atoms with Crippen molar-refractivity contribution >= 4 is 46.7 Å². The number of nitrogens with zero attached hydrogens (tertiary/aromatic N) is 1. The van der Waals surface area contributed by atoms with Gasteiger partial charge in [-0.1, -0.05) is 49.2 Å². The van der Waals surface area contributed by atoms with Crippen LogP contribution >= 0.6 is 34.8 Å². The van der Waals surface area contributed by atoms with Gasteiger partial charge in [0.25, 0.3) is 0 Å². The Bertz CT molecular complexity index is 889. The molecule has 0 radical (unpaired) electrons. The Labute approximate surface area is 180 Å². The molecule has 1 aromatic heterocycles. The number of pyridine rings is 1. The lowest BCUT2D eigenvalue weighted by Gasteiger charge is -2.24. The fraction of sp³-hybridized carbons (Fsp3) is 0.300. The number of aryl methyl sites for hydroxylation is 1. The van der Waals surface area contributed by atoms with Crippen molar-refractivity contribution < 1.29 is 9.59 Å². The van der Waals surface area contributed by atoms with E-state index in [1.807, 2.05) is 29.7 Å². The number of aromatic nitrogens is 1. The van der Waals surface area contributed by atoms with Gasteiger partial charge in [-0.25, -0.2) is 0 Å². The Morgan fingerprint density at radius 3 is 2.32 bits per heavy atom. The maximum atomic E-state index is 8.49. The molecule has 0 fully saturated rings. The van der Waals surface area contributed by atoms with Crippen LogP contribution < -0.4 is 11.2 Å². The zero-order chi connectivity index (χ0) is 21.9. The van der Waals surface area contributed by atoms with Gasteiger partial charge in [-0.3, -0.25) is 5.41 Å². The lowest BCUT2D eigenvalue weighted by Crippen LogP contribution is -2.29. The van der Waals surface area contributed by atoms with Crippen molar-refractivity contribution in [3.63, 3.8) is 0 Å². The molecule has 2 aromatic rings. The van der Waals surface area contributed by atoms with Crippen LogP contribution in [-0.2, 0) is 9.59 Å². The Morgan fingerprint density at radius 1 is 1.25 bits per heavy atom. The molecule has 0 spiro atoms. The summed E-state index contributed by atoms with van der Waals surface area (Å²) in [6, 6.07) is 7.49. The van der Waals surface area contributed by atoms with E-state index in [1.165, 1.54) is 6.38 Å². The number of alkyl halides is 1. The fourth-order valence-electron chi connectivity index (χ4n) is 2.76. The van der Waals surface area contributed by atoms with Crippen molar-refractivity contribution in [2.45, 2.75) is 32.7 Å². The minimum absolute atomic E-state index is 0.0250. The summed E-state index contributed by atoms with van der Waals surface area (Å²) in [5, 5.41) is 9.70. The lowest BCUT2D eigenvalue weighted by molar-refractivity contribution is -0.191. The van der Waals surface area contributed by atoms with Gasteiger partial charge in [-0.15, -0.1) is 11.6 Å². The van der Waals surface area contributed by atoms with Gasteiger partial charge in [0.15, 0.2) is 0 Å². The molecule has 1 unspecified atom stereocenters. The van der Waals surface area contributed by atoms with Crippen molar-refractivity contribution in [3.05, 3.63) is 69.3 Å². The van der Waals surface area contributed by atoms with Gasteiger partial charge >= 0.3 is 6.15 Å². The Hall–Kier alpha value is -2.04. The monoisotopic (exact) mass is 443 g/mol. The summed E-state index contributed by atoms with van der Waals surface area (Å²) in [6.07, 6.45) is 5.33. The quantitative estimate of drug-likeness (QED) is 0.623. The molecule has 0 aliphatic carbocycles. The van der Waals surface area contributed by atoms with Gasteiger partial charge in [0.05, 0.1) is 11.1 Å². The first-order valence-electron chi connectivity index (χ1n) is 8.30. The first-order valence-corrected chi connectivity index (χ1v) is 9.82. The summed E-state index contributed by atoms with van der Waals surface area (Å²) in [5.41, 5.74) is 9.23. The maximum absolute atomic E-state index is 8.49. The third kappa shape index (κ3) is 7.17. The summed E-state index contributed by atoms with van der Waals surface area (Å²) >= 11 is 17.1. The second kappa shape index (κ2) is 13.2. The molecule has 0 bridgehead atoms. The average Bonchev–Trinajstić information content (AvgIpc) is 2.66. The third-order valence-electron chi connectivity index (χ3n) is 3.90. The van der Waals surface area contributed by atoms with Gasteiger partial charge in [-0.2, -0.15) is 9.59 Å². The number of nitrogens with two attached hydrogens (primary N) is 1. The number of benzene rings is 1. The number of hydrogen-bond acceptors (Lipinski definition) is 4. The third-order valence-corrected chi connectivity index (χ3v) is 4.34. The highest BCUT2D eigenvalue weighted by atomic mass is 35.5. The first kappa shape index (κ1) is 26.0. The van der Waals surface area contributed by atoms with Crippen LogP contribution in [0.4, 0.5) is 0 Å². The standard InChI is InChI=1S/C18H21Cl2N3.CH3Cl.CO2/c1-4-5-17(15-8-13(19)7-6-11(15)2)23-10-14(20)9-16(12(3)21)18(23)22;1-2;2-1-3/h6-10,17,22H,3-5,21H2,1-2H3;1H3;. The summed E-state index contributed by atoms with van der Waals surface area (Å²) in [7, 11) is 0. The second-order valence-electron chi connectivity index (χ2n) is 5.74. The van der Waals surface area contributed by atoms with E-state index in [-0.39, 0.29) is 12.2 Å². The van der Waals surface area contributed by atoms with E-state index in [9.17, 15) is 0 Å². The van der Waals surface area contributed by atoms with E-state index in [2.05, 4.69) is 25.1 Å². The van der Waals surface area contributed by atoms with Gasteiger partial charge in [-0.05, 0) is 42.7 Å². The minimum atomic E-state index is -0.0250. The molecule has 0 amide bonds. The summed E-state index contributed by atoms with van der Waals surface area (Å²) in [6.45, 7) is 7.91. The van der Waals surface area contributed by atoms with E-state index in [0.29, 0.717) is 26.8 Å². The Balaban J connectivity index is 0.00000133. The van der Waals surface area contributed by atoms with Gasteiger partial charge in [0, 0.05) is 28.9 Å². The molecule has 5 nitrogen and oxygen atoms in total. The van der Waals surface area contributed by atoms with Crippen molar-refractivity contribution in [1.82, 2.24) is 4.57 Å². The van der Waals surface area contributed by atoms with Crippen LogP contribution in [0.3, 0.4) is 0 Å². The van der Waals surface area contributed by atoms with Crippen LogP contribution in [-0.4, -0.2) is 17.1 Å². The van der Waals surface area contributed by atoms with Crippen molar-refractivity contribution in [2.75, 3.05) is 6.38 Å². The van der Waals surface area contributed by atoms with Crippen LogP contribution in [0.25, 0.3) is 5.70 Å². The normalized spacial score (nSPS) is 10.5. The van der Waals surface area contributed by atoms with Crippen molar-refractivity contribution in [1.29, 1.82) is 5.41 Å². The molecule has 0 aliphatic rings.